The maximum Gasteiger partial charge on any atom is 0.161 e. The maximum atomic E-state index is 11.6. The molecule has 0 radical (unpaired) electrons. The highest BCUT2D eigenvalue weighted by atomic mass is 16.5. The van der Waals surface area contributed by atoms with E-state index in [1.165, 1.54) is 12.0 Å². The smallest absolute Gasteiger partial charge is 0.161 e. The first-order valence-electron chi connectivity index (χ1n) is 14.8. The maximum absolute atomic E-state index is 11.6. The van der Waals surface area contributed by atoms with Gasteiger partial charge >= 0.3 is 0 Å². The third-order valence-electron chi connectivity index (χ3n) is 10.9. The van der Waals surface area contributed by atoms with Crippen LogP contribution in [-0.2, 0) is 6.54 Å². The molecule has 1 aromatic carbocycles. The third-order valence-corrected chi connectivity index (χ3v) is 10.9. The van der Waals surface area contributed by atoms with Crippen molar-refractivity contribution < 1.29 is 19.7 Å². The van der Waals surface area contributed by atoms with Crippen LogP contribution in [0.25, 0.3) is 6.08 Å². The number of aliphatic hydroxyl groups excluding tert-OH is 2. The van der Waals surface area contributed by atoms with Crippen molar-refractivity contribution in [2.75, 3.05) is 13.7 Å². The Kier molecular flexibility index (Phi) is 7.13. The van der Waals surface area contributed by atoms with E-state index >= 15 is 0 Å². The van der Waals surface area contributed by atoms with Crippen LogP contribution < -0.4 is 9.47 Å². The Morgan fingerprint density at radius 3 is 2.77 bits per heavy atom. The second-order valence-corrected chi connectivity index (χ2v) is 12.9. The molecule has 3 fully saturated rings. The van der Waals surface area contributed by atoms with Gasteiger partial charge in [0.2, 0.25) is 0 Å². The van der Waals surface area contributed by atoms with Gasteiger partial charge in [-0.25, -0.2) is 4.98 Å². The Morgan fingerprint density at radius 2 is 1.97 bits per heavy atom. The fourth-order valence-corrected chi connectivity index (χ4v) is 8.60. The molecule has 4 aliphatic carbocycles. The van der Waals surface area contributed by atoms with Gasteiger partial charge in [-0.3, -0.25) is 0 Å². The SMILES string of the molecule is COc1cc(C=C2C[C@H]3[C@@H]4CC=C5CC(O)CC[C@]5(C)[C@@H]4CC[C@]3(C)C2O)ccc1OCCCn1ccnc1. The van der Waals surface area contributed by atoms with Crippen molar-refractivity contribution in [1.29, 1.82) is 0 Å². The summed E-state index contributed by atoms with van der Waals surface area (Å²) in [5.41, 5.74) is 3.83. The Bertz CT molecular complexity index is 1240. The number of benzene rings is 1. The Morgan fingerprint density at radius 1 is 1.10 bits per heavy atom. The Labute approximate surface area is 232 Å². The van der Waals surface area contributed by atoms with E-state index < -0.39 is 6.10 Å². The van der Waals surface area contributed by atoms with E-state index in [0.29, 0.717) is 24.4 Å². The predicted octanol–water partition coefficient (Wildman–Crippen LogP) is 6.04. The molecule has 0 bridgehead atoms. The van der Waals surface area contributed by atoms with Crippen molar-refractivity contribution in [2.24, 2.45) is 28.6 Å². The molecular formula is C33H44N2O4. The molecule has 7 atom stereocenters. The van der Waals surface area contributed by atoms with Crippen molar-refractivity contribution >= 4 is 6.08 Å². The highest BCUT2D eigenvalue weighted by Gasteiger charge is 2.59. The van der Waals surface area contributed by atoms with Crippen molar-refractivity contribution in [1.82, 2.24) is 9.55 Å². The third kappa shape index (κ3) is 4.74. The van der Waals surface area contributed by atoms with Gasteiger partial charge in [-0.2, -0.15) is 0 Å². The van der Waals surface area contributed by atoms with Gasteiger partial charge in [0.25, 0.3) is 0 Å². The van der Waals surface area contributed by atoms with E-state index in [9.17, 15) is 10.2 Å². The molecule has 3 saturated carbocycles. The summed E-state index contributed by atoms with van der Waals surface area (Å²) in [7, 11) is 1.68. The number of aromatic nitrogens is 2. The molecular weight excluding hydrogens is 488 g/mol. The minimum Gasteiger partial charge on any atom is -0.493 e. The second-order valence-electron chi connectivity index (χ2n) is 12.9. The molecule has 210 valence electrons. The summed E-state index contributed by atoms with van der Waals surface area (Å²) >= 11 is 0. The number of aliphatic hydroxyl groups is 2. The summed E-state index contributed by atoms with van der Waals surface area (Å²) in [5, 5.41) is 22.0. The van der Waals surface area contributed by atoms with Gasteiger partial charge < -0.3 is 24.3 Å². The number of ether oxygens (including phenoxy) is 2. The van der Waals surface area contributed by atoms with Crippen LogP contribution >= 0.6 is 0 Å². The lowest BCUT2D eigenvalue weighted by atomic mass is 9.48. The molecule has 2 unspecified atom stereocenters. The van der Waals surface area contributed by atoms with Crippen LogP contribution in [0.3, 0.4) is 0 Å². The highest BCUT2D eigenvalue weighted by Crippen LogP contribution is 2.65. The number of fused-ring (bicyclic) bond motifs is 5. The molecule has 0 saturated heterocycles. The molecule has 2 aromatic rings. The zero-order chi connectivity index (χ0) is 27.2. The molecule has 0 aliphatic heterocycles. The first-order valence-corrected chi connectivity index (χ1v) is 14.8. The van der Waals surface area contributed by atoms with Crippen LogP contribution in [0.1, 0.15) is 70.8 Å². The van der Waals surface area contributed by atoms with Crippen molar-refractivity contribution in [3.8, 4) is 11.5 Å². The van der Waals surface area contributed by atoms with Crippen molar-refractivity contribution in [3.05, 3.63) is 59.7 Å². The average Bonchev–Trinajstić information content (AvgIpc) is 3.54. The topological polar surface area (TPSA) is 76.7 Å². The largest absolute Gasteiger partial charge is 0.493 e. The van der Waals surface area contributed by atoms with E-state index in [-0.39, 0.29) is 16.9 Å². The first kappa shape index (κ1) is 26.6. The van der Waals surface area contributed by atoms with Gasteiger partial charge in [-0.15, -0.1) is 0 Å². The molecule has 1 aromatic heterocycles. The molecule has 39 heavy (non-hydrogen) atoms. The standard InChI is InChI=1S/C33H44N2O4/c1-32-11-9-25(36)20-24(32)6-7-26-27(32)10-12-33(2)28(26)19-23(31(33)37)17-22-5-8-29(30(18-22)38-3)39-16-4-14-35-15-13-34-21-35/h5-6,8,13,15,17-18,21,25-28,31,36-37H,4,7,9-12,14,16,19-20H2,1-3H3/t25?,26-,27-,28+,31?,32+,33+/m1/s1. The van der Waals surface area contributed by atoms with Crippen LogP contribution in [0.5, 0.6) is 11.5 Å². The fraction of sp³-hybridized carbons (Fsp3) is 0.606. The van der Waals surface area contributed by atoms with Gasteiger partial charge in [0.15, 0.2) is 11.5 Å². The summed E-state index contributed by atoms with van der Waals surface area (Å²) in [6, 6.07) is 6.09. The van der Waals surface area contributed by atoms with Crippen LogP contribution in [-0.4, -0.2) is 45.7 Å². The lowest BCUT2D eigenvalue weighted by molar-refractivity contribution is -0.0685. The Balaban J connectivity index is 1.17. The minimum absolute atomic E-state index is 0.0781. The van der Waals surface area contributed by atoms with E-state index in [2.05, 4.69) is 37.0 Å². The number of nitrogens with zero attached hydrogens (tertiary/aromatic N) is 2. The average molecular weight is 533 g/mol. The van der Waals surface area contributed by atoms with Gasteiger partial charge in [-0.05, 0) is 97.8 Å². The predicted molar refractivity (Wildman–Crippen MR) is 152 cm³/mol. The summed E-state index contributed by atoms with van der Waals surface area (Å²) in [5.74, 6) is 3.21. The number of methoxy groups -OCH3 is 1. The number of hydrogen-bond acceptors (Lipinski definition) is 5. The zero-order valence-corrected chi connectivity index (χ0v) is 23.7. The molecule has 6 heteroatoms. The van der Waals surface area contributed by atoms with Crippen molar-refractivity contribution in [2.45, 2.75) is 84.0 Å². The molecule has 6 nitrogen and oxygen atoms in total. The number of hydrogen-bond donors (Lipinski definition) is 2. The van der Waals surface area contributed by atoms with Crippen LogP contribution in [0, 0.1) is 28.6 Å². The summed E-state index contributed by atoms with van der Waals surface area (Å²) in [6.45, 7) is 6.25. The summed E-state index contributed by atoms with van der Waals surface area (Å²) in [4.78, 5) is 4.08. The van der Waals surface area contributed by atoms with Crippen LogP contribution in [0.2, 0.25) is 0 Å². The first-order chi connectivity index (χ1) is 18.8. The van der Waals surface area contributed by atoms with E-state index in [1.807, 2.05) is 29.2 Å². The molecule has 2 N–H and O–H groups in total. The number of imidazole rings is 1. The van der Waals surface area contributed by atoms with Gasteiger partial charge in [-0.1, -0.05) is 37.6 Å². The van der Waals surface area contributed by atoms with E-state index in [1.54, 1.807) is 13.3 Å². The monoisotopic (exact) mass is 532 g/mol. The van der Waals surface area contributed by atoms with E-state index in [0.717, 1.165) is 74.1 Å². The normalized spacial score (nSPS) is 36.6. The highest BCUT2D eigenvalue weighted by molar-refractivity contribution is 5.60. The summed E-state index contributed by atoms with van der Waals surface area (Å²) in [6.07, 6.45) is 17.7. The zero-order valence-electron chi connectivity index (χ0n) is 23.7. The van der Waals surface area contributed by atoms with Gasteiger partial charge in [0, 0.05) is 24.4 Å². The number of rotatable bonds is 7. The minimum atomic E-state index is -0.417. The molecule has 4 aliphatic rings. The van der Waals surface area contributed by atoms with Crippen molar-refractivity contribution in [3.63, 3.8) is 0 Å². The van der Waals surface area contributed by atoms with Crippen LogP contribution in [0.4, 0.5) is 0 Å². The lowest BCUT2D eigenvalue weighted by Crippen LogP contribution is -2.51. The van der Waals surface area contributed by atoms with Crippen LogP contribution in [0.15, 0.2) is 54.1 Å². The molecule has 0 amide bonds. The van der Waals surface area contributed by atoms with Gasteiger partial charge in [0.1, 0.15) is 0 Å². The fourth-order valence-electron chi connectivity index (χ4n) is 8.60. The lowest BCUT2D eigenvalue weighted by Gasteiger charge is -2.57. The number of allylic oxidation sites excluding steroid dienone is 1. The molecule has 0 spiro atoms. The second kappa shape index (κ2) is 10.4. The molecule has 1 heterocycles. The van der Waals surface area contributed by atoms with E-state index in [4.69, 9.17) is 9.47 Å². The quantitative estimate of drug-likeness (QED) is 0.336. The van der Waals surface area contributed by atoms with Gasteiger partial charge in [0.05, 0.1) is 32.3 Å². The number of aryl methyl sites for hydroxylation is 1. The summed E-state index contributed by atoms with van der Waals surface area (Å²) < 4.78 is 13.8. The molecule has 6 rings (SSSR count). The Hall–Kier alpha value is -2.57.